The SMILES string of the molecule is CCC(C)(c1ccc(C)cc1)C(C)O. The molecule has 1 N–H and O–H groups in total. The second kappa shape index (κ2) is 4.14. The Kier molecular flexibility index (Phi) is 3.33. The molecule has 0 radical (unpaired) electrons. The van der Waals surface area contributed by atoms with Gasteiger partial charge in [0.15, 0.2) is 0 Å². The highest BCUT2D eigenvalue weighted by atomic mass is 16.3. The van der Waals surface area contributed by atoms with Crippen LogP contribution in [0, 0.1) is 6.92 Å². The number of rotatable bonds is 3. The minimum absolute atomic E-state index is 0.117. The Bertz CT molecular complexity index is 287. The van der Waals surface area contributed by atoms with Crippen LogP contribution in [0.5, 0.6) is 0 Å². The molecule has 1 rings (SSSR count). The van der Waals surface area contributed by atoms with Gasteiger partial charge in [0, 0.05) is 5.41 Å². The van der Waals surface area contributed by atoms with Crippen molar-refractivity contribution in [2.45, 2.75) is 45.6 Å². The zero-order valence-electron chi connectivity index (χ0n) is 9.54. The van der Waals surface area contributed by atoms with Gasteiger partial charge < -0.3 is 5.11 Å². The predicted molar refractivity (Wildman–Crippen MR) is 60.5 cm³/mol. The summed E-state index contributed by atoms with van der Waals surface area (Å²) < 4.78 is 0. The first-order valence-electron chi connectivity index (χ1n) is 5.26. The highest BCUT2D eigenvalue weighted by Crippen LogP contribution is 2.31. The molecular formula is C13H20O. The van der Waals surface area contributed by atoms with Crippen LogP contribution in [0.4, 0.5) is 0 Å². The molecule has 0 fully saturated rings. The summed E-state index contributed by atoms with van der Waals surface area (Å²) in [5.74, 6) is 0. The quantitative estimate of drug-likeness (QED) is 0.780. The molecule has 1 aromatic carbocycles. The molecule has 78 valence electrons. The van der Waals surface area contributed by atoms with Gasteiger partial charge in [0.25, 0.3) is 0 Å². The highest BCUT2D eigenvalue weighted by molar-refractivity contribution is 5.29. The third-order valence-corrected chi connectivity index (χ3v) is 3.37. The van der Waals surface area contributed by atoms with Crippen molar-refractivity contribution in [3.8, 4) is 0 Å². The average Bonchev–Trinajstić information content (AvgIpc) is 2.17. The first-order chi connectivity index (χ1) is 6.50. The van der Waals surface area contributed by atoms with Crippen molar-refractivity contribution in [3.63, 3.8) is 0 Å². The van der Waals surface area contributed by atoms with Crippen LogP contribution in [-0.4, -0.2) is 11.2 Å². The van der Waals surface area contributed by atoms with E-state index in [1.165, 1.54) is 11.1 Å². The summed E-state index contributed by atoms with van der Waals surface area (Å²) in [6.45, 7) is 8.17. The summed E-state index contributed by atoms with van der Waals surface area (Å²) in [5.41, 5.74) is 2.37. The zero-order valence-corrected chi connectivity index (χ0v) is 9.54. The Balaban J connectivity index is 3.06. The molecule has 1 nitrogen and oxygen atoms in total. The fourth-order valence-corrected chi connectivity index (χ4v) is 1.68. The van der Waals surface area contributed by atoms with Gasteiger partial charge in [0.1, 0.15) is 0 Å². The van der Waals surface area contributed by atoms with E-state index in [0.717, 1.165) is 6.42 Å². The largest absolute Gasteiger partial charge is 0.393 e. The molecule has 0 aromatic heterocycles. The fourth-order valence-electron chi connectivity index (χ4n) is 1.68. The van der Waals surface area contributed by atoms with Crippen LogP contribution in [0.3, 0.4) is 0 Å². The molecule has 0 saturated heterocycles. The minimum Gasteiger partial charge on any atom is -0.393 e. The molecule has 14 heavy (non-hydrogen) atoms. The summed E-state index contributed by atoms with van der Waals surface area (Å²) in [7, 11) is 0. The molecule has 2 unspecified atom stereocenters. The van der Waals surface area contributed by atoms with Crippen molar-refractivity contribution >= 4 is 0 Å². The van der Waals surface area contributed by atoms with Gasteiger partial charge in [-0.05, 0) is 25.8 Å². The van der Waals surface area contributed by atoms with Gasteiger partial charge in [-0.2, -0.15) is 0 Å². The lowest BCUT2D eigenvalue weighted by molar-refractivity contribution is 0.104. The van der Waals surface area contributed by atoms with E-state index in [0.29, 0.717) is 0 Å². The van der Waals surface area contributed by atoms with Gasteiger partial charge in [-0.3, -0.25) is 0 Å². The number of aliphatic hydroxyl groups is 1. The number of hydrogen-bond acceptors (Lipinski definition) is 1. The van der Waals surface area contributed by atoms with Gasteiger partial charge in [-0.1, -0.05) is 43.7 Å². The van der Waals surface area contributed by atoms with Gasteiger partial charge in [-0.15, -0.1) is 0 Å². The molecule has 0 aliphatic rings. The molecule has 0 amide bonds. The average molecular weight is 192 g/mol. The zero-order chi connectivity index (χ0) is 10.8. The first-order valence-corrected chi connectivity index (χ1v) is 5.26. The van der Waals surface area contributed by atoms with Crippen LogP contribution in [0.2, 0.25) is 0 Å². The van der Waals surface area contributed by atoms with Crippen LogP contribution in [0.1, 0.15) is 38.3 Å². The third-order valence-electron chi connectivity index (χ3n) is 3.37. The number of hydrogen-bond donors (Lipinski definition) is 1. The summed E-state index contributed by atoms with van der Waals surface area (Å²) in [5, 5.41) is 9.79. The van der Waals surface area contributed by atoms with Crippen molar-refractivity contribution in [1.29, 1.82) is 0 Å². The summed E-state index contributed by atoms with van der Waals surface area (Å²) in [6, 6.07) is 8.44. The third kappa shape index (κ3) is 1.98. The van der Waals surface area contributed by atoms with E-state index < -0.39 is 0 Å². The molecule has 0 spiro atoms. The predicted octanol–water partition coefficient (Wildman–Crippen LogP) is 3.04. The summed E-state index contributed by atoms with van der Waals surface area (Å²) >= 11 is 0. The summed E-state index contributed by atoms with van der Waals surface area (Å²) in [6.07, 6.45) is 0.642. The van der Waals surface area contributed by atoms with Crippen molar-refractivity contribution < 1.29 is 5.11 Å². The van der Waals surface area contributed by atoms with Crippen molar-refractivity contribution in [2.24, 2.45) is 0 Å². The van der Waals surface area contributed by atoms with Crippen molar-refractivity contribution in [1.82, 2.24) is 0 Å². The molecular weight excluding hydrogens is 172 g/mol. The Hall–Kier alpha value is -0.820. The van der Waals surface area contributed by atoms with Crippen LogP contribution < -0.4 is 0 Å². The minimum atomic E-state index is -0.310. The lowest BCUT2D eigenvalue weighted by Crippen LogP contribution is -2.33. The monoisotopic (exact) mass is 192 g/mol. The van der Waals surface area contributed by atoms with E-state index in [1.54, 1.807) is 0 Å². The molecule has 2 atom stereocenters. The second-order valence-electron chi connectivity index (χ2n) is 4.31. The standard InChI is InChI=1S/C13H20O/c1-5-13(4,11(3)14)12-8-6-10(2)7-9-12/h6-9,11,14H,5H2,1-4H3. The van der Waals surface area contributed by atoms with Crippen LogP contribution >= 0.6 is 0 Å². The molecule has 0 saturated carbocycles. The lowest BCUT2D eigenvalue weighted by Gasteiger charge is -2.32. The molecule has 0 heterocycles. The number of aryl methyl sites for hydroxylation is 1. The number of aliphatic hydroxyl groups excluding tert-OH is 1. The molecule has 0 bridgehead atoms. The van der Waals surface area contributed by atoms with E-state index in [9.17, 15) is 5.11 Å². The molecule has 1 aromatic rings. The number of benzene rings is 1. The van der Waals surface area contributed by atoms with E-state index in [1.807, 2.05) is 6.92 Å². The van der Waals surface area contributed by atoms with Crippen LogP contribution in [0.15, 0.2) is 24.3 Å². The van der Waals surface area contributed by atoms with Gasteiger partial charge in [0.05, 0.1) is 6.10 Å². The summed E-state index contributed by atoms with van der Waals surface area (Å²) in [4.78, 5) is 0. The lowest BCUT2D eigenvalue weighted by atomic mass is 9.76. The van der Waals surface area contributed by atoms with Gasteiger partial charge in [0.2, 0.25) is 0 Å². The maximum atomic E-state index is 9.79. The maximum absolute atomic E-state index is 9.79. The van der Waals surface area contributed by atoms with E-state index in [-0.39, 0.29) is 11.5 Å². The van der Waals surface area contributed by atoms with Crippen molar-refractivity contribution in [3.05, 3.63) is 35.4 Å². The van der Waals surface area contributed by atoms with Crippen LogP contribution in [0.25, 0.3) is 0 Å². The van der Waals surface area contributed by atoms with Gasteiger partial charge >= 0.3 is 0 Å². The fraction of sp³-hybridized carbons (Fsp3) is 0.538. The maximum Gasteiger partial charge on any atom is 0.0605 e. The topological polar surface area (TPSA) is 20.2 Å². The van der Waals surface area contributed by atoms with Crippen molar-refractivity contribution in [2.75, 3.05) is 0 Å². The normalized spacial score (nSPS) is 17.5. The van der Waals surface area contributed by atoms with Gasteiger partial charge in [-0.25, -0.2) is 0 Å². The first kappa shape index (κ1) is 11.3. The Labute approximate surface area is 86.8 Å². The Morgan fingerprint density at radius 3 is 2.14 bits per heavy atom. The van der Waals surface area contributed by atoms with E-state index in [4.69, 9.17) is 0 Å². The molecule has 1 heteroatoms. The highest BCUT2D eigenvalue weighted by Gasteiger charge is 2.29. The van der Waals surface area contributed by atoms with E-state index >= 15 is 0 Å². The second-order valence-corrected chi connectivity index (χ2v) is 4.31. The Morgan fingerprint density at radius 1 is 1.29 bits per heavy atom. The molecule has 0 aliphatic carbocycles. The molecule has 0 aliphatic heterocycles. The Morgan fingerprint density at radius 2 is 1.79 bits per heavy atom. The van der Waals surface area contributed by atoms with Crippen LogP contribution in [-0.2, 0) is 5.41 Å². The van der Waals surface area contributed by atoms with E-state index in [2.05, 4.69) is 45.0 Å². The smallest absolute Gasteiger partial charge is 0.0605 e.